The van der Waals surface area contributed by atoms with E-state index >= 15 is 0 Å². The number of urea groups is 1. The monoisotopic (exact) mass is 357 g/mol. The molecular weight excluding hydrogens is 334 g/mol. The molecule has 26 heavy (non-hydrogen) atoms. The van der Waals surface area contributed by atoms with E-state index in [0.29, 0.717) is 12.1 Å². The molecule has 1 aromatic heterocycles. The third kappa shape index (κ3) is 4.95. The number of ether oxygens (including phenoxy) is 1. The van der Waals surface area contributed by atoms with Crippen molar-refractivity contribution in [3.05, 3.63) is 53.3 Å². The summed E-state index contributed by atoms with van der Waals surface area (Å²) in [5.41, 5.74) is 3.46. The molecule has 7 nitrogen and oxygen atoms in total. The van der Waals surface area contributed by atoms with Gasteiger partial charge < -0.3 is 14.6 Å². The molecule has 0 saturated carbocycles. The highest BCUT2D eigenvalue weighted by Gasteiger charge is 2.13. The largest absolute Gasteiger partial charge is 0.452 e. The van der Waals surface area contributed by atoms with Crippen molar-refractivity contribution in [2.24, 2.45) is 0 Å². The zero-order chi connectivity index (χ0) is 19.1. The van der Waals surface area contributed by atoms with Gasteiger partial charge in [0.1, 0.15) is 0 Å². The Kier molecular flexibility index (Phi) is 6.54. The van der Waals surface area contributed by atoms with Crippen molar-refractivity contribution in [2.45, 2.75) is 27.2 Å². The summed E-state index contributed by atoms with van der Waals surface area (Å²) in [4.78, 5) is 35.0. The van der Waals surface area contributed by atoms with Gasteiger partial charge in [-0.15, -0.1) is 0 Å². The molecule has 0 saturated heterocycles. The van der Waals surface area contributed by atoms with Gasteiger partial charge in [0.05, 0.1) is 5.56 Å². The zero-order valence-corrected chi connectivity index (χ0v) is 15.2. The molecule has 2 rings (SSSR count). The topological polar surface area (TPSA) is 89.4 Å². The molecule has 0 spiro atoms. The fraction of sp³-hybridized carbons (Fsp3) is 0.316. The zero-order valence-electron chi connectivity index (χ0n) is 15.2. The van der Waals surface area contributed by atoms with Crippen molar-refractivity contribution < 1.29 is 19.1 Å². The van der Waals surface area contributed by atoms with Crippen LogP contribution in [0.4, 0.5) is 4.79 Å². The first-order chi connectivity index (χ1) is 12.4. The molecule has 0 bridgehead atoms. The first kappa shape index (κ1) is 19.2. The number of hydrogen-bond donors (Lipinski definition) is 2. The molecule has 0 aliphatic heterocycles. The number of esters is 1. The van der Waals surface area contributed by atoms with E-state index < -0.39 is 24.5 Å². The summed E-state index contributed by atoms with van der Waals surface area (Å²) in [5, 5.41) is 4.59. The molecule has 0 unspecified atom stereocenters. The van der Waals surface area contributed by atoms with Gasteiger partial charge in [-0.2, -0.15) is 0 Å². The molecule has 7 heteroatoms. The van der Waals surface area contributed by atoms with E-state index in [9.17, 15) is 14.4 Å². The molecule has 0 fully saturated rings. The Labute approximate surface area is 152 Å². The van der Waals surface area contributed by atoms with Crippen molar-refractivity contribution in [1.82, 2.24) is 15.2 Å². The number of amides is 3. The second-order valence-corrected chi connectivity index (χ2v) is 5.88. The number of aromatic nitrogens is 1. The van der Waals surface area contributed by atoms with E-state index in [4.69, 9.17) is 4.74 Å². The van der Waals surface area contributed by atoms with Crippen LogP contribution in [0, 0.1) is 13.8 Å². The van der Waals surface area contributed by atoms with Crippen molar-refractivity contribution in [1.29, 1.82) is 0 Å². The lowest BCUT2D eigenvalue weighted by Gasteiger charge is -2.10. The Balaban J connectivity index is 1.90. The smallest absolute Gasteiger partial charge is 0.338 e. The minimum Gasteiger partial charge on any atom is -0.452 e. The number of rotatable bonds is 6. The maximum Gasteiger partial charge on any atom is 0.338 e. The maximum atomic E-state index is 12.0. The molecule has 0 atom stereocenters. The molecular formula is C19H23N3O4. The highest BCUT2D eigenvalue weighted by Crippen LogP contribution is 2.17. The van der Waals surface area contributed by atoms with Gasteiger partial charge in [0.2, 0.25) is 0 Å². The summed E-state index contributed by atoms with van der Waals surface area (Å²) >= 11 is 0. The second-order valence-electron chi connectivity index (χ2n) is 5.88. The maximum absolute atomic E-state index is 12.0. The quantitative estimate of drug-likeness (QED) is 0.777. The van der Waals surface area contributed by atoms with E-state index in [-0.39, 0.29) is 0 Å². The standard InChI is InChI=1S/C19H23N3O4/c1-4-11-20-19(25)21-17(23)12-26-18(24)15-7-9-16(10-8-15)22-13(2)5-6-14(22)3/h5-10H,4,11-12H2,1-3H3,(H2,20,21,23,25). The van der Waals surface area contributed by atoms with E-state index in [1.807, 2.05) is 45.0 Å². The van der Waals surface area contributed by atoms with Crippen LogP contribution in [0.15, 0.2) is 36.4 Å². The average molecular weight is 357 g/mol. The van der Waals surface area contributed by atoms with Crippen LogP contribution in [0.3, 0.4) is 0 Å². The minimum absolute atomic E-state index is 0.333. The summed E-state index contributed by atoms with van der Waals surface area (Å²) in [5.74, 6) is -1.30. The van der Waals surface area contributed by atoms with Gasteiger partial charge in [0, 0.05) is 23.6 Å². The van der Waals surface area contributed by atoms with Crippen LogP contribution < -0.4 is 10.6 Å². The van der Waals surface area contributed by atoms with Crippen LogP contribution in [0.2, 0.25) is 0 Å². The molecule has 3 amide bonds. The normalized spacial score (nSPS) is 10.3. The van der Waals surface area contributed by atoms with Crippen LogP contribution in [0.5, 0.6) is 0 Å². The van der Waals surface area contributed by atoms with E-state index in [0.717, 1.165) is 23.5 Å². The van der Waals surface area contributed by atoms with E-state index in [1.54, 1.807) is 12.1 Å². The third-order valence-electron chi connectivity index (χ3n) is 3.76. The van der Waals surface area contributed by atoms with E-state index in [2.05, 4.69) is 15.2 Å². The van der Waals surface area contributed by atoms with Crippen LogP contribution in [-0.4, -0.2) is 35.6 Å². The Morgan fingerprint density at radius 1 is 1.00 bits per heavy atom. The fourth-order valence-electron chi connectivity index (χ4n) is 2.48. The molecule has 2 aromatic rings. The minimum atomic E-state index is -0.679. The first-order valence-corrected chi connectivity index (χ1v) is 8.42. The summed E-state index contributed by atoms with van der Waals surface area (Å²) in [6, 6.07) is 10.4. The van der Waals surface area contributed by atoms with Crippen molar-refractivity contribution in [3.8, 4) is 5.69 Å². The molecule has 138 valence electrons. The van der Waals surface area contributed by atoms with Crippen molar-refractivity contribution >= 4 is 17.9 Å². The number of nitrogens with zero attached hydrogens (tertiary/aromatic N) is 1. The highest BCUT2D eigenvalue weighted by atomic mass is 16.5. The average Bonchev–Trinajstić information content (AvgIpc) is 2.96. The second kappa shape index (κ2) is 8.84. The number of benzene rings is 1. The van der Waals surface area contributed by atoms with Gasteiger partial charge in [0.15, 0.2) is 6.61 Å². The molecule has 0 aliphatic carbocycles. The predicted octanol–water partition coefficient (Wildman–Crippen LogP) is 2.49. The van der Waals surface area contributed by atoms with Crippen LogP contribution in [0.1, 0.15) is 35.1 Å². The van der Waals surface area contributed by atoms with Crippen molar-refractivity contribution in [2.75, 3.05) is 13.2 Å². The lowest BCUT2D eigenvalue weighted by atomic mass is 10.2. The number of carbonyl (C=O) groups excluding carboxylic acids is 3. The molecule has 0 radical (unpaired) electrons. The summed E-state index contributed by atoms with van der Waals surface area (Å²) in [6.45, 7) is 5.85. The Hall–Kier alpha value is -3.09. The number of imide groups is 1. The van der Waals surface area contributed by atoms with Gasteiger partial charge in [-0.05, 0) is 56.7 Å². The van der Waals surface area contributed by atoms with Crippen LogP contribution in [-0.2, 0) is 9.53 Å². The molecule has 2 N–H and O–H groups in total. The fourth-order valence-corrected chi connectivity index (χ4v) is 2.48. The Morgan fingerprint density at radius 3 is 2.19 bits per heavy atom. The molecule has 1 aromatic carbocycles. The lowest BCUT2D eigenvalue weighted by molar-refractivity contribution is -0.123. The lowest BCUT2D eigenvalue weighted by Crippen LogP contribution is -2.41. The number of nitrogens with one attached hydrogen (secondary N) is 2. The first-order valence-electron chi connectivity index (χ1n) is 8.42. The number of carbonyl (C=O) groups is 3. The Bertz CT molecular complexity index is 774. The predicted molar refractivity (Wildman–Crippen MR) is 97.4 cm³/mol. The third-order valence-corrected chi connectivity index (χ3v) is 3.76. The van der Waals surface area contributed by atoms with Crippen LogP contribution >= 0.6 is 0 Å². The van der Waals surface area contributed by atoms with Crippen molar-refractivity contribution in [3.63, 3.8) is 0 Å². The molecule has 1 heterocycles. The Morgan fingerprint density at radius 2 is 1.62 bits per heavy atom. The SMILES string of the molecule is CCCNC(=O)NC(=O)COC(=O)c1ccc(-n2c(C)ccc2C)cc1. The van der Waals surface area contributed by atoms with Gasteiger partial charge in [-0.3, -0.25) is 10.1 Å². The highest BCUT2D eigenvalue weighted by molar-refractivity contribution is 5.97. The summed E-state index contributed by atoms with van der Waals surface area (Å²) < 4.78 is 7.00. The molecule has 0 aliphatic rings. The van der Waals surface area contributed by atoms with Gasteiger partial charge in [-0.25, -0.2) is 9.59 Å². The van der Waals surface area contributed by atoms with Gasteiger partial charge in [-0.1, -0.05) is 6.92 Å². The summed E-state index contributed by atoms with van der Waals surface area (Å²) in [6.07, 6.45) is 0.759. The number of aryl methyl sites for hydroxylation is 2. The van der Waals surface area contributed by atoms with Crippen LogP contribution in [0.25, 0.3) is 5.69 Å². The van der Waals surface area contributed by atoms with Gasteiger partial charge >= 0.3 is 12.0 Å². The number of hydrogen-bond acceptors (Lipinski definition) is 4. The van der Waals surface area contributed by atoms with E-state index in [1.165, 1.54) is 0 Å². The van der Waals surface area contributed by atoms with Gasteiger partial charge in [0.25, 0.3) is 5.91 Å². The summed E-state index contributed by atoms with van der Waals surface area (Å²) in [7, 11) is 0.